The number of aromatic nitrogens is 3. The van der Waals surface area contributed by atoms with Crippen molar-refractivity contribution < 1.29 is 9.90 Å². The van der Waals surface area contributed by atoms with Gasteiger partial charge in [-0.25, -0.2) is 19.4 Å². The summed E-state index contributed by atoms with van der Waals surface area (Å²) in [6.45, 7) is -0.544. The Morgan fingerprint density at radius 1 is 1.55 bits per heavy atom. The van der Waals surface area contributed by atoms with E-state index in [-0.39, 0.29) is 0 Å². The van der Waals surface area contributed by atoms with Crippen molar-refractivity contribution in [1.82, 2.24) is 14.8 Å². The first-order valence-electron chi connectivity index (χ1n) is 2.70. The SMILES string of the molecule is O=C(O)Cn1[nH]c(=O)[nH]c1=O. The van der Waals surface area contributed by atoms with Crippen LogP contribution in [0.3, 0.4) is 0 Å². The molecule has 3 N–H and O–H groups in total. The van der Waals surface area contributed by atoms with Gasteiger partial charge < -0.3 is 5.11 Å². The maximum Gasteiger partial charge on any atom is 0.344 e. The van der Waals surface area contributed by atoms with Gasteiger partial charge in [-0.1, -0.05) is 0 Å². The highest BCUT2D eigenvalue weighted by Gasteiger charge is 2.02. The lowest BCUT2D eigenvalue weighted by Crippen LogP contribution is -2.22. The molecule has 0 aromatic carbocycles. The van der Waals surface area contributed by atoms with E-state index < -0.39 is 23.9 Å². The summed E-state index contributed by atoms with van der Waals surface area (Å²) in [7, 11) is 0. The molecule has 0 radical (unpaired) electrons. The summed E-state index contributed by atoms with van der Waals surface area (Å²) >= 11 is 0. The normalized spacial score (nSPS) is 9.82. The number of rotatable bonds is 2. The zero-order chi connectivity index (χ0) is 8.43. The summed E-state index contributed by atoms with van der Waals surface area (Å²) in [6.07, 6.45) is 0. The van der Waals surface area contributed by atoms with Gasteiger partial charge in [0.25, 0.3) is 0 Å². The van der Waals surface area contributed by atoms with Gasteiger partial charge in [-0.05, 0) is 0 Å². The Hall–Kier alpha value is -1.79. The zero-order valence-corrected chi connectivity index (χ0v) is 5.33. The second kappa shape index (κ2) is 2.45. The van der Waals surface area contributed by atoms with Crippen molar-refractivity contribution in [3.8, 4) is 0 Å². The largest absolute Gasteiger partial charge is 0.480 e. The second-order valence-corrected chi connectivity index (χ2v) is 1.85. The van der Waals surface area contributed by atoms with Crippen LogP contribution in [-0.4, -0.2) is 25.8 Å². The van der Waals surface area contributed by atoms with Crippen LogP contribution in [0.25, 0.3) is 0 Å². The average Bonchev–Trinajstić information content (AvgIpc) is 2.09. The fraction of sp³-hybridized carbons (Fsp3) is 0.250. The van der Waals surface area contributed by atoms with Crippen molar-refractivity contribution in [2.45, 2.75) is 6.54 Å². The van der Waals surface area contributed by atoms with E-state index in [9.17, 15) is 14.4 Å². The number of nitrogens with zero attached hydrogens (tertiary/aromatic N) is 1. The predicted molar refractivity (Wildman–Crippen MR) is 33.3 cm³/mol. The topological polar surface area (TPSA) is 108 Å². The van der Waals surface area contributed by atoms with Crippen molar-refractivity contribution in [1.29, 1.82) is 0 Å². The third-order valence-corrected chi connectivity index (χ3v) is 0.995. The van der Waals surface area contributed by atoms with Gasteiger partial charge in [0.05, 0.1) is 0 Å². The Bertz CT molecular complexity index is 369. The van der Waals surface area contributed by atoms with Gasteiger partial charge in [-0.3, -0.25) is 9.78 Å². The molecule has 0 spiro atoms. The fourth-order valence-corrected chi connectivity index (χ4v) is 0.612. The number of carboxylic acids is 1. The van der Waals surface area contributed by atoms with Crippen LogP contribution in [0.4, 0.5) is 0 Å². The van der Waals surface area contributed by atoms with Crippen LogP contribution in [-0.2, 0) is 11.3 Å². The molecular formula is C4H5N3O4. The molecule has 1 aromatic rings. The Morgan fingerprint density at radius 2 is 2.18 bits per heavy atom. The fourth-order valence-electron chi connectivity index (χ4n) is 0.612. The van der Waals surface area contributed by atoms with Gasteiger partial charge in [0, 0.05) is 0 Å². The van der Waals surface area contributed by atoms with Gasteiger partial charge in [0.1, 0.15) is 6.54 Å². The first-order valence-corrected chi connectivity index (χ1v) is 2.70. The molecule has 7 nitrogen and oxygen atoms in total. The van der Waals surface area contributed by atoms with Crippen molar-refractivity contribution in [2.75, 3.05) is 0 Å². The second-order valence-electron chi connectivity index (χ2n) is 1.85. The lowest BCUT2D eigenvalue weighted by atomic mass is 10.7. The molecule has 0 amide bonds. The molecule has 11 heavy (non-hydrogen) atoms. The number of aromatic amines is 2. The Balaban J connectivity index is 3.04. The molecule has 0 unspecified atom stereocenters. The minimum absolute atomic E-state index is 0.544. The zero-order valence-electron chi connectivity index (χ0n) is 5.33. The number of hydrogen-bond acceptors (Lipinski definition) is 3. The van der Waals surface area contributed by atoms with Crippen LogP contribution < -0.4 is 11.4 Å². The third-order valence-electron chi connectivity index (χ3n) is 0.995. The Labute approximate surface area is 59.3 Å². The smallest absolute Gasteiger partial charge is 0.344 e. The summed E-state index contributed by atoms with van der Waals surface area (Å²) in [5, 5.41) is 10.2. The van der Waals surface area contributed by atoms with Crippen LogP contribution in [0.15, 0.2) is 9.59 Å². The van der Waals surface area contributed by atoms with E-state index in [1.165, 1.54) is 0 Å². The van der Waals surface area contributed by atoms with Crippen molar-refractivity contribution in [2.24, 2.45) is 0 Å². The summed E-state index contributed by atoms with van der Waals surface area (Å²) in [4.78, 5) is 32.8. The first kappa shape index (κ1) is 7.32. The number of aliphatic carboxylic acids is 1. The van der Waals surface area contributed by atoms with Crippen LogP contribution in [0.2, 0.25) is 0 Å². The van der Waals surface area contributed by atoms with Gasteiger partial charge in [0.2, 0.25) is 0 Å². The monoisotopic (exact) mass is 159 g/mol. The van der Waals surface area contributed by atoms with Crippen LogP contribution in [0, 0.1) is 0 Å². The predicted octanol–water partition coefficient (Wildman–Crippen LogP) is -2.05. The lowest BCUT2D eigenvalue weighted by molar-refractivity contribution is -0.137. The number of carbonyl (C=O) groups is 1. The Morgan fingerprint density at radius 3 is 2.55 bits per heavy atom. The van der Waals surface area contributed by atoms with E-state index in [2.05, 4.69) is 0 Å². The molecule has 0 aliphatic carbocycles. The van der Waals surface area contributed by atoms with E-state index in [1.807, 2.05) is 10.1 Å². The molecule has 0 saturated heterocycles. The van der Waals surface area contributed by atoms with Crippen molar-refractivity contribution in [3.63, 3.8) is 0 Å². The maximum absolute atomic E-state index is 10.6. The molecule has 1 aromatic heterocycles. The molecular weight excluding hydrogens is 154 g/mol. The first-order chi connectivity index (χ1) is 5.09. The number of carboxylic acid groups (broad SMARTS) is 1. The number of H-pyrrole nitrogens is 2. The van der Waals surface area contributed by atoms with E-state index in [4.69, 9.17) is 5.11 Å². The molecule has 60 valence electrons. The highest BCUT2D eigenvalue weighted by atomic mass is 16.4. The Kier molecular flexibility index (Phi) is 1.63. The molecule has 0 bridgehead atoms. The molecule has 7 heteroatoms. The molecule has 0 aliphatic rings. The van der Waals surface area contributed by atoms with E-state index in [1.54, 1.807) is 0 Å². The molecule has 0 saturated carbocycles. The maximum atomic E-state index is 10.6. The van der Waals surface area contributed by atoms with Gasteiger partial charge in [0.15, 0.2) is 0 Å². The third kappa shape index (κ3) is 1.57. The van der Waals surface area contributed by atoms with Gasteiger partial charge in [-0.2, -0.15) is 0 Å². The van der Waals surface area contributed by atoms with Crippen LogP contribution in [0.5, 0.6) is 0 Å². The van der Waals surface area contributed by atoms with E-state index in [0.29, 0.717) is 4.68 Å². The van der Waals surface area contributed by atoms with Crippen LogP contribution in [0.1, 0.15) is 0 Å². The summed E-state index contributed by atoms with van der Waals surface area (Å²) in [5.41, 5.74) is -1.46. The summed E-state index contributed by atoms with van der Waals surface area (Å²) < 4.78 is 0.671. The van der Waals surface area contributed by atoms with Crippen molar-refractivity contribution in [3.05, 3.63) is 21.0 Å². The highest BCUT2D eigenvalue weighted by Crippen LogP contribution is 1.68. The minimum atomic E-state index is -1.19. The number of nitrogens with one attached hydrogen (secondary N) is 2. The highest BCUT2D eigenvalue weighted by molar-refractivity contribution is 5.66. The standard InChI is InChI=1S/C4H5N3O4/c8-2(9)1-7-4(11)5-3(10)6-7/h1H2,(H,8,9)(H2,5,6,10,11). The number of hydrogen-bond donors (Lipinski definition) is 3. The molecule has 1 rings (SSSR count). The van der Waals surface area contributed by atoms with E-state index >= 15 is 0 Å². The minimum Gasteiger partial charge on any atom is -0.480 e. The summed E-state index contributed by atoms with van der Waals surface area (Å²) in [6, 6.07) is 0. The quantitative estimate of drug-likeness (QED) is 0.461. The molecule has 0 atom stereocenters. The molecule has 1 heterocycles. The van der Waals surface area contributed by atoms with Gasteiger partial charge >= 0.3 is 17.3 Å². The molecule has 0 fully saturated rings. The molecule has 0 aliphatic heterocycles. The summed E-state index contributed by atoms with van der Waals surface area (Å²) in [5.74, 6) is -1.19. The average molecular weight is 159 g/mol. The van der Waals surface area contributed by atoms with Gasteiger partial charge in [-0.15, -0.1) is 0 Å². The van der Waals surface area contributed by atoms with Crippen LogP contribution >= 0.6 is 0 Å². The van der Waals surface area contributed by atoms with Crippen molar-refractivity contribution >= 4 is 5.97 Å². The lowest BCUT2D eigenvalue weighted by Gasteiger charge is -1.90. The van der Waals surface area contributed by atoms with E-state index in [0.717, 1.165) is 0 Å².